The third-order valence-corrected chi connectivity index (χ3v) is 4.94. The van der Waals surface area contributed by atoms with Crippen LogP contribution in [-0.4, -0.2) is 59.3 Å². The van der Waals surface area contributed by atoms with Gasteiger partial charge in [0.05, 0.1) is 12.4 Å². The van der Waals surface area contributed by atoms with Crippen molar-refractivity contribution in [1.29, 1.82) is 0 Å². The van der Waals surface area contributed by atoms with Gasteiger partial charge in [0.1, 0.15) is 23.5 Å². The smallest absolute Gasteiger partial charge is 0.134 e. The van der Waals surface area contributed by atoms with Crippen LogP contribution in [0.4, 0.5) is 11.6 Å². The molecule has 0 radical (unpaired) electrons. The maximum absolute atomic E-state index is 10.1. The number of furan rings is 1. The lowest BCUT2D eigenvalue weighted by molar-refractivity contribution is 0.191. The molecule has 1 saturated heterocycles. The van der Waals surface area contributed by atoms with E-state index in [1.165, 1.54) is 0 Å². The van der Waals surface area contributed by atoms with Crippen molar-refractivity contribution in [2.75, 3.05) is 37.4 Å². The van der Waals surface area contributed by atoms with Crippen molar-refractivity contribution in [2.45, 2.75) is 25.1 Å². The molecule has 27 heavy (non-hydrogen) atoms. The van der Waals surface area contributed by atoms with Crippen LogP contribution in [0, 0.1) is 0 Å². The number of benzene rings is 1. The van der Waals surface area contributed by atoms with E-state index in [-0.39, 0.29) is 12.1 Å². The number of nitrogens with one attached hydrogen (secondary N) is 1. The number of hydrogen-bond donors (Lipinski definition) is 2. The van der Waals surface area contributed by atoms with Gasteiger partial charge in [-0.1, -0.05) is 18.2 Å². The molecule has 7 nitrogen and oxygen atoms in total. The second kappa shape index (κ2) is 7.54. The lowest BCUT2D eigenvalue weighted by Gasteiger charge is -2.27. The molecule has 1 aliphatic rings. The maximum Gasteiger partial charge on any atom is 0.134 e. The van der Waals surface area contributed by atoms with E-state index in [0.29, 0.717) is 13.1 Å². The number of fused-ring (bicyclic) bond motifs is 1. The van der Waals surface area contributed by atoms with Crippen LogP contribution in [-0.2, 0) is 6.54 Å². The van der Waals surface area contributed by atoms with Gasteiger partial charge >= 0.3 is 0 Å². The maximum atomic E-state index is 10.1. The summed E-state index contributed by atoms with van der Waals surface area (Å²) in [6.07, 6.45) is 3.79. The van der Waals surface area contributed by atoms with Crippen LogP contribution >= 0.6 is 0 Å². The first kappa shape index (κ1) is 17.8. The van der Waals surface area contributed by atoms with E-state index >= 15 is 0 Å². The largest absolute Gasteiger partial charge is 0.464 e. The highest BCUT2D eigenvalue weighted by atomic mass is 16.3. The number of nitrogens with zero attached hydrogens (tertiary/aromatic N) is 4. The van der Waals surface area contributed by atoms with Crippen LogP contribution in [0.3, 0.4) is 0 Å². The van der Waals surface area contributed by atoms with Gasteiger partial charge in [0.2, 0.25) is 0 Å². The van der Waals surface area contributed by atoms with E-state index in [4.69, 9.17) is 4.42 Å². The summed E-state index contributed by atoms with van der Waals surface area (Å²) < 4.78 is 5.59. The summed E-state index contributed by atoms with van der Waals surface area (Å²) in [5.74, 6) is 1.60. The number of anilines is 2. The first-order chi connectivity index (χ1) is 13.1. The summed E-state index contributed by atoms with van der Waals surface area (Å²) in [6, 6.07) is 10.2. The Labute approximate surface area is 158 Å². The molecule has 4 rings (SSSR count). The number of rotatable bonds is 6. The van der Waals surface area contributed by atoms with Crippen molar-refractivity contribution in [3.63, 3.8) is 0 Å². The fourth-order valence-corrected chi connectivity index (χ4v) is 3.72. The molecule has 3 aromatic rings. The van der Waals surface area contributed by atoms with Crippen molar-refractivity contribution >= 4 is 22.6 Å². The van der Waals surface area contributed by atoms with Crippen LogP contribution in [0.25, 0.3) is 11.0 Å². The van der Waals surface area contributed by atoms with Gasteiger partial charge < -0.3 is 24.6 Å². The second-order valence-electron chi connectivity index (χ2n) is 7.33. The molecule has 2 atom stereocenters. The first-order valence-corrected chi connectivity index (χ1v) is 9.20. The SMILES string of the molecule is CN(C)C[C@H]1C[C@@H](O)CN1c1cc(NCc2coc3ccccc23)ncn1. The standard InChI is InChI=1S/C20H25N5O2/c1-24(2)10-15-7-16(26)11-25(15)20-8-19(22-13-23-20)21-9-14-12-27-18-6-4-3-5-17(14)18/h3-6,8,12-13,15-16,26H,7,9-11H2,1-2H3,(H,21,22,23)/t15-,16-/m1/s1. The van der Waals surface area contributed by atoms with E-state index < -0.39 is 0 Å². The highest BCUT2D eigenvalue weighted by molar-refractivity contribution is 5.81. The molecule has 0 saturated carbocycles. The molecule has 0 aliphatic carbocycles. The number of hydrogen-bond acceptors (Lipinski definition) is 7. The molecule has 0 amide bonds. The van der Waals surface area contributed by atoms with E-state index in [1.54, 1.807) is 12.6 Å². The Balaban J connectivity index is 1.49. The van der Waals surface area contributed by atoms with Crippen molar-refractivity contribution in [3.8, 4) is 0 Å². The van der Waals surface area contributed by atoms with Crippen LogP contribution in [0.2, 0.25) is 0 Å². The zero-order valence-electron chi connectivity index (χ0n) is 15.7. The van der Waals surface area contributed by atoms with E-state index in [2.05, 4.69) is 31.2 Å². The number of aliphatic hydroxyl groups excluding tert-OH is 1. The van der Waals surface area contributed by atoms with Crippen LogP contribution < -0.4 is 10.2 Å². The highest BCUT2D eigenvalue weighted by Crippen LogP contribution is 2.26. The van der Waals surface area contributed by atoms with Crippen LogP contribution in [0.1, 0.15) is 12.0 Å². The second-order valence-corrected chi connectivity index (χ2v) is 7.33. The summed E-state index contributed by atoms with van der Waals surface area (Å²) in [7, 11) is 4.09. The van der Waals surface area contributed by atoms with Crippen molar-refractivity contribution in [2.24, 2.45) is 0 Å². The number of aliphatic hydroxyl groups is 1. The average Bonchev–Trinajstić information content (AvgIpc) is 3.23. The summed E-state index contributed by atoms with van der Waals surface area (Å²) in [4.78, 5) is 13.1. The molecule has 2 aromatic heterocycles. The molecule has 0 unspecified atom stereocenters. The molecule has 1 aromatic carbocycles. The van der Waals surface area contributed by atoms with Crippen molar-refractivity contribution in [1.82, 2.24) is 14.9 Å². The fraction of sp³-hybridized carbons (Fsp3) is 0.400. The molecule has 7 heteroatoms. The van der Waals surface area contributed by atoms with Crippen molar-refractivity contribution < 1.29 is 9.52 Å². The van der Waals surface area contributed by atoms with Gasteiger partial charge in [-0.05, 0) is 26.6 Å². The zero-order chi connectivity index (χ0) is 18.8. The highest BCUT2D eigenvalue weighted by Gasteiger charge is 2.32. The molecule has 1 fully saturated rings. The summed E-state index contributed by atoms with van der Waals surface area (Å²) in [5, 5.41) is 14.6. The van der Waals surface area contributed by atoms with Gasteiger partial charge in [0, 0.05) is 42.7 Å². The van der Waals surface area contributed by atoms with E-state index in [9.17, 15) is 5.11 Å². The predicted molar refractivity (Wildman–Crippen MR) is 106 cm³/mol. The predicted octanol–water partition coefficient (Wildman–Crippen LogP) is 2.34. The van der Waals surface area contributed by atoms with E-state index in [1.807, 2.05) is 38.4 Å². The van der Waals surface area contributed by atoms with Crippen molar-refractivity contribution in [3.05, 3.63) is 48.5 Å². The average molecular weight is 367 g/mol. The number of β-amino-alcohol motifs (C(OH)–C–C–N with tert-alkyl or cyclic N) is 1. The Kier molecular flexibility index (Phi) is 4.96. The minimum atomic E-state index is -0.321. The quantitative estimate of drug-likeness (QED) is 0.692. The molecule has 142 valence electrons. The normalized spacial score (nSPS) is 19.9. The fourth-order valence-electron chi connectivity index (χ4n) is 3.72. The van der Waals surface area contributed by atoms with Crippen LogP contribution in [0.15, 0.2) is 47.3 Å². The van der Waals surface area contributed by atoms with Gasteiger partial charge in [-0.3, -0.25) is 0 Å². The van der Waals surface area contributed by atoms with Gasteiger partial charge in [0.25, 0.3) is 0 Å². The minimum Gasteiger partial charge on any atom is -0.464 e. The summed E-state index contributed by atoms with van der Waals surface area (Å²) in [5.41, 5.74) is 1.98. The third-order valence-electron chi connectivity index (χ3n) is 4.94. The number of para-hydroxylation sites is 1. The molecule has 2 N–H and O–H groups in total. The Morgan fingerprint density at radius 1 is 1.30 bits per heavy atom. The van der Waals surface area contributed by atoms with E-state index in [0.717, 1.165) is 41.1 Å². The topological polar surface area (TPSA) is 77.7 Å². The minimum absolute atomic E-state index is 0.246. The first-order valence-electron chi connectivity index (χ1n) is 9.20. The summed E-state index contributed by atoms with van der Waals surface area (Å²) in [6.45, 7) is 2.10. The molecular weight excluding hydrogens is 342 g/mol. The van der Waals surface area contributed by atoms with Gasteiger partial charge in [-0.25, -0.2) is 9.97 Å². The van der Waals surface area contributed by atoms with Gasteiger partial charge in [-0.15, -0.1) is 0 Å². The monoisotopic (exact) mass is 367 g/mol. The number of likely N-dealkylation sites (N-methyl/N-ethyl adjacent to an activating group) is 1. The molecule has 0 spiro atoms. The third kappa shape index (κ3) is 3.89. The Morgan fingerprint density at radius 3 is 3.00 bits per heavy atom. The molecule has 1 aliphatic heterocycles. The Hall–Kier alpha value is -2.64. The molecular formula is C20H25N5O2. The number of aromatic nitrogens is 2. The Morgan fingerprint density at radius 2 is 2.15 bits per heavy atom. The van der Waals surface area contributed by atoms with Gasteiger partial charge in [-0.2, -0.15) is 0 Å². The summed E-state index contributed by atoms with van der Waals surface area (Å²) >= 11 is 0. The lowest BCUT2D eigenvalue weighted by atomic mass is 10.2. The molecule has 0 bridgehead atoms. The van der Waals surface area contributed by atoms with Crippen LogP contribution in [0.5, 0.6) is 0 Å². The Bertz CT molecular complexity index is 910. The zero-order valence-corrected chi connectivity index (χ0v) is 15.7. The molecule has 3 heterocycles. The van der Waals surface area contributed by atoms with Gasteiger partial charge in [0.15, 0.2) is 0 Å². The lowest BCUT2D eigenvalue weighted by Crippen LogP contribution is -2.38.